The van der Waals surface area contributed by atoms with E-state index in [1.54, 1.807) is 20.8 Å². The van der Waals surface area contributed by atoms with Gasteiger partial charge in [-0.2, -0.15) is 10.1 Å². The van der Waals surface area contributed by atoms with Gasteiger partial charge in [0.15, 0.2) is 5.78 Å². The normalized spacial score (nSPS) is 37.3. The Kier molecular flexibility index (Phi) is 2.25. The van der Waals surface area contributed by atoms with Crippen LogP contribution < -0.4 is 0 Å². The SMILES string of the molecule is CC(C)(C)OC(=O)N1N=N[C@@H]2[C@H]1[C@H]1O[C@H]2CC1=O. The second kappa shape index (κ2) is 3.50. The van der Waals surface area contributed by atoms with Crippen LogP contribution in [0.2, 0.25) is 0 Å². The van der Waals surface area contributed by atoms with Crippen LogP contribution in [0.4, 0.5) is 4.79 Å². The van der Waals surface area contributed by atoms with Crippen LogP contribution in [0.15, 0.2) is 10.3 Å². The Morgan fingerprint density at radius 1 is 1.50 bits per heavy atom. The molecule has 7 heteroatoms. The first-order valence-electron chi connectivity index (χ1n) is 5.98. The van der Waals surface area contributed by atoms with Gasteiger partial charge in [0.2, 0.25) is 0 Å². The number of hydrogen-bond donors (Lipinski definition) is 0. The highest BCUT2D eigenvalue weighted by molar-refractivity contribution is 5.88. The molecule has 0 unspecified atom stereocenters. The smallest absolute Gasteiger partial charge is 0.432 e. The van der Waals surface area contributed by atoms with Gasteiger partial charge in [-0.15, -0.1) is 0 Å². The molecule has 98 valence electrons. The third-order valence-corrected chi connectivity index (χ3v) is 3.23. The molecule has 0 aromatic heterocycles. The van der Waals surface area contributed by atoms with Crippen LogP contribution in [0.25, 0.3) is 0 Å². The second-order valence-electron chi connectivity index (χ2n) is 5.78. The van der Waals surface area contributed by atoms with E-state index in [0.717, 1.165) is 5.01 Å². The van der Waals surface area contributed by atoms with Gasteiger partial charge >= 0.3 is 6.09 Å². The molecule has 1 amide bonds. The van der Waals surface area contributed by atoms with Gasteiger partial charge in [-0.05, 0) is 20.8 Å². The molecule has 2 saturated heterocycles. The predicted octanol–water partition coefficient (Wildman–Crippen LogP) is 1.08. The van der Waals surface area contributed by atoms with Crippen LogP contribution in [0.3, 0.4) is 0 Å². The van der Waals surface area contributed by atoms with Gasteiger partial charge in [0.25, 0.3) is 0 Å². The predicted molar refractivity (Wildman–Crippen MR) is 58.8 cm³/mol. The largest absolute Gasteiger partial charge is 0.442 e. The summed E-state index contributed by atoms with van der Waals surface area (Å²) in [6, 6.07) is -0.647. The van der Waals surface area contributed by atoms with Gasteiger partial charge in [0.05, 0.1) is 6.10 Å². The number of Topliss-reactive ketones (excluding diaryl/α,β-unsaturated/α-hetero) is 1. The average Bonchev–Trinajstić information content (AvgIpc) is 2.82. The summed E-state index contributed by atoms with van der Waals surface area (Å²) in [5.41, 5.74) is -0.604. The maximum absolute atomic E-state index is 12.0. The van der Waals surface area contributed by atoms with Crippen molar-refractivity contribution in [2.45, 2.75) is 57.1 Å². The molecule has 4 atom stereocenters. The summed E-state index contributed by atoms with van der Waals surface area (Å²) >= 11 is 0. The summed E-state index contributed by atoms with van der Waals surface area (Å²) in [7, 11) is 0. The third-order valence-electron chi connectivity index (χ3n) is 3.23. The van der Waals surface area contributed by atoms with Crippen molar-refractivity contribution in [1.29, 1.82) is 0 Å². The van der Waals surface area contributed by atoms with E-state index in [1.165, 1.54) is 0 Å². The first kappa shape index (κ1) is 11.6. The van der Waals surface area contributed by atoms with Crippen molar-refractivity contribution in [3.05, 3.63) is 0 Å². The summed E-state index contributed by atoms with van der Waals surface area (Å²) in [5.74, 6) is 0.0158. The third kappa shape index (κ3) is 1.61. The summed E-state index contributed by atoms with van der Waals surface area (Å²) < 4.78 is 10.7. The van der Waals surface area contributed by atoms with Gasteiger partial charge < -0.3 is 9.47 Å². The van der Waals surface area contributed by atoms with Crippen molar-refractivity contribution in [3.8, 4) is 0 Å². The zero-order valence-corrected chi connectivity index (χ0v) is 10.5. The highest BCUT2D eigenvalue weighted by atomic mass is 16.6. The Balaban J connectivity index is 1.78. The molecule has 3 aliphatic heterocycles. The van der Waals surface area contributed by atoms with E-state index >= 15 is 0 Å². The molecule has 3 aliphatic rings. The Hall–Kier alpha value is -1.50. The van der Waals surface area contributed by atoms with Gasteiger partial charge in [0, 0.05) is 6.42 Å². The molecule has 0 aliphatic carbocycles. The van der Waals surface area contributed by atoms with E-state index in [4.69, 9.17) is 9.47 Å². The van der Waals surface area contributed by atoms with Crippen molar-refractivity contribution in [1.82, 2.24) is 5.01 Å². The maximum atomic E-state index is 12.0. The molecule has 3 heterocycles. The van der Waals surface area contributed by atoms with Crippen molar-refractivity contribution in [3.63, 3.8) is 0 Å². The number of carbonyl (C=O) groups excluding carboxylic acids is 2. The van der Waals surface area contributed by atoms with E-state index in [2.05, 4.69) is 10.3 Å². The zero-order valence-electron chi connectivity index (χ0n) is 10.5. The lowest BCUT2D eigenvalue weighted by atomic mass is 9.90. The molecular formula is C11H15N3O4. The van der Waals surface area contributed by atoms with Crippen LogP contribution in [0.5, 0.6) is 0 Å². The fraction of sp³-hybridized carbons (Fsp3) is 0.818. The minimum Gasteiger partial charge on any atom is -0.442 e. The molecule has 2 fully saturated rings. The topological polar surface area (TPSA) is 80.6 Å². The molecule has 0 aromatic carbocycles. The van der Waals surface area contributed by atoms with Gasteiger partial charge in [-0.25, -0.2) is 4.79 Å². The standard InChI is InChI=1S/C11H15N3O4/c1-11(2,3)18-10(16)14-8-7(12-13-14)6-4-5(15)9(8)17-6/h6-9H,4H2,1-3H3/t6-,7-,8-,9-/m0/s1. The van der Waals surface area contributed by atoms with E-state index < -0.39 is 23.8 Å². The zero-order chi connectivity index (χ0) is 13.1. The van der Waals surface area contributed by atoms with Crippen molar-refractivity contribution >= 4 is 11.9 Å². The van der Waals surface area contributed by atoms with Crippen molar-refractivity contribution in [2.75, 3.05) is 0 Å². The van der Waals surface area contributed by atoms with Crippen molar-refractivity contribution < 1.29 is 19.1 Å². The lowest BCUT2D eigenvalue weighted by molar-refractivity contribution is -0.123. The molecule has 18 heavy (non-hydrogen) atoms. The number of nitrogens with zero attached hydrogens (tertiary/aromatic N) is 3. The molecule has 0 radical (unpaired) electrons. The average molecular weight is 253 g/mol. The van der Waals surface area contributed by atoms with Gasteiger partial charge in [0.1, 0.15) is 23.8 Å². The summed E-state index contributed by atoms with van der Waals surface area (Å²) in [4.78, 5) is 23.6. The van der Waals surface area contributed by atoms with Crippen LogP contribution in [-0.4, -0.2) is 46.8 Å². The number of fused-ring (bicyclic) bond motifs is 5. The molecule has 0 saturated carbocycles. The van der Waals surface area contributed by atoms with Crippen LogP contribution in [0.1, 0.15) is 27.2 Å². The first-order chi connectivity index (χ1) is 8.37. The fourth-order valence-corrected chi connectivity index (χ4v) is 2.56. The Morgan fingerprint density at radius 2 is 2.22 bits per heavy atom. The Morgan fingerprint density at radius 3 is 2.89 bits per heavy atom. The van der Waals surface area contributed by atoms with Gasteiger partial charge in [-0.1, -0.05) is 5.22 Å². The Labute approximate surface area is 104 Å². The second-order valence-corrected chi connectivity index (χ2v) is 5.78. The molecule has 0 N–H and O–H groups in total. The molecule has 0 aromatic rings. The fourth-order valence-electron chi connectivity index (χ4n) is 2.56. The highest BCUT2D eigenvalue weighted by Crippen LogP contribution is 2.41. The molecule has 7 nitrogen and oxygen atoms in total. The van der Waals surface area contributed by atoms with E-state index in [-0.39, 0.29) is 17.9 Å². The minimum absolute atomic E-state index is 0.0158. The maximum Gasteiger partial charge on any atom is 0.432 e. The number of rotatable bonds is 0. The van der Waals surface area contributed by atoms with E-state index in [9.17, 15) is 9.59 Å². The summed E-state index contributed by atoms with van der Waals surface area (Å²) in [6.45, 7) is 5.33. The molecule has 2 bridgehead atoms. The number of amides is 1. The van der Waals surface area contributed by atoms with E-state index in [0.29, 0.717) is 6.42 Å². The minimum atomic E-state index is -0.604. The molecular weight excluding hydrogens is 238 g/mol. The number of hydrogen-bond acceptors (Lipinski definition) is 6. The Bertz CT molecular complexity index is 442. The molecule has 0 spiro atoms. The number of ketones is 1. The number of carbonyl (C=O) groups is 2. The monoisotopic (exact) mass is 253 g/mol. The highest BCUT2D eigenvalue weighted by Gasteiger charge is 2.60. The lowest BCUT2D eigenvalue weighted by Crippen LogP contribution is -2.50. The van der Waals surface area contributed by atoms with E-state index in [1.807, 2.05) is 0 Å². The van der Waals surface area contributed by atoms with Crippen LogP contribution in [-0.2, 0) is 14.3 Å². The first-order valence-corrected chi connectivity index (χ1v) is 5.98. The quantitative estimate of drug-likeness (QED) is 0.647. The molecule has 3 rings (SSSR count). The summed E-state index contributed by atoms with van der Waals surface area (Å²) in [5, 5.41) is 9.00. The van der Waals surface area contributed by atoms with Crippen molar-refractivity contribution in [2.24, 2.45) is 10.3 Å². The lowest BCUT2D eigenvalue weighted by Gasteiger charge is -2.27. The van der Waals surface area contributed by atoms with Crippen LogP contribution >= 0.6 is 0 Å². The number of ether oxygens (including phenoxy) is 2. The van der Waals surface area contributed by atoms with Crippen LogP contribution in [0, 0.1) is 0 Å². The van der Waals surface area contributed by atoms with Gasteiger partial charge in [-0.3, -0.25) is 4.79 Å². The summed E-state index contributed by atoms with van der Waals surface area (Å²) in [6.07, 6.45) is -1.04.